The van der Waals surface area contributed by atoms with Gasteiger partial charge < -0.3 is 19.9 Å². The number of hydrogen-bond acceptors (Lipinski definition) is 6. The fourth-order valence-corrected chi connectivity index (χ4v) is 4.53. The third-order valence-corrected chi connectivity index (χ3v) is 6.06. The van der Waals surface area contributed by atoms with E-state index in [0.717, 1.165) is 34.7 Å². The summed E-state index contributed by atoms with van der Waals surface area (Å²) in [4.78, 5) is 22.3. The molecule has 0 aliphatic heterocycles. The van der Waals surface area contributed by atoms with Crippen LogP contribution in [0.2, 0.25) is 0 Å². The molecule has 0 saturated heterocycles. The van der Waals surface area contributed by atoms with Crippen LogP contribution < -0.4 is 5.32 Å². The van der Waals surface area contributed by atoms with Gasteiger partial charge in [0.25, 0.3) is 0 Å². The summed E-state index contributed by atoms with van der Waals surface area (Å²) in [6.07, 6.45) is 7.81. The van der Waals surface area contributed by atoms with Gasteiger partial charge in [0.1, 0.15) is 0 Å². The van der Waals surface area contributed by atoms with Gasteiger partial charge in [0.05, 0.1) is 28.1 Å². The van der Waals surface area contributed by atoms with Gasteiger partial charge in [0.15, 0.2) is 5.13 Å². The number of carboxylic acid groups (broad SMARTS) is 1. The Morgan fingerprint density at radius 3 is 2.87 bits per heavy atom. The van der Waals surface area contributed by atoms with E-state index in [-0.39, 0.29) is 11.6 Å². The van der Waals surface area contributed by atoms with Crippen LogP contribution in [0.4, 0.5) is 10.8 Å². The number of rotatable bonds is 9. The van der Waals surface area contributed by atoms with Crippen LogP contribution in [0.5, 0.6) is 0 Å². The first-order valence-corrected chi connectivity index (χ1v) is 10.9. The third kappa shape index (κ3) is 5.10. The Kier molecular flexibility index (Phi) is 6.29. The third-order valence-electron chi connectivity index (χ3n) is 5.13. The molecule has 4 rings (SSSR count). The number of imidazole rings is 1. The Labute approximate surface area is 185 Å². The highest BCUT2D eigenvalue weighted by Crippen LogP contribution is 2.32. The van der Waals surface area contributed by atoms with Crippen molar-refractivity contribution in [3.8, 4) is 0 Å². The largest absolute Gasteiger partial charge is 0.478 e. The Morgan fingerprint density at radius 1 is 1.26 bits per heavy atom. The van der Waals surface area contributed by atoms with Gasteiger partial charge in [-0.1, -0.05) is 23.5 Å². The SMILES string of the molecule is CN(C)CCCC(c1ccc2nc(Nc3cccc(C(=O)O)c3)sc2c1)n1ccnc1. The topological polar surface area (TPSA) is 83.3 Å². The van der Waals surface area contributed by atoms with Gasteiger partial charge in [-0.2, -0.15) is 0 Å². The lowest BCUT2D eigenvalue weighted by Gasteiger charge is -2.20. The van der Waals surface area contributed by atoms with E-state index in [4.69, 9.17) is 0 Å². The van der Waals surface area contributed by atoms with E-state index >= 15 is 0 Å². The van der Waals surface area contributed by atoms with Crippen LogP contribution in [0.25, 0.3) is 10.2 Å². The van der Waals surface area contributed by atoms with E-state index in [1.807, 2.05) is 24.8 Å². The number of carboxylic acids is 1. The number of nitrogens with one attached hydrogen (secondary N) is 1. The summed E-state index contributed by atoms with van der Waals surface area (Å²) in [5.41, 5.74) is 3.10. The summed E-state index contributed by atoms with van der Waals surface area (Å²) in [6, 6.07) is 13.4. The van der Waals surface area contributed by atoms with Gasteiger partial charge in [-0.15, -0.1) is 0 Å². The Bertz CT molecular complexity index is 1170. The maximum Gasteiger partial charge on any atom is 0.335 e. The van der Waals surface area contributed by atoms with E-state index < -0.39 is 5.97 Å². The zero-order valence-corrected chi connectivity index (χ0v) is 18.3. The molecular formula is C23H25N5O2S. The minimum Gasteiger partial charge on any atom is -0.478 e. The van der Waals surface area contributed by atoms with Crippen LogP contribution >= 0.6 is 11.3 Å². The standard InChI is InChI=1S/C23H25N5O2S/c1-27(2)11-4-7-20(28-12-10-24-15-28)16-8-9-19-21(14-16)31-23(26-19)25-18-6-3-5-17(13-18)22(29)30/h3,5-6,8-10,12-15,20H,4,7,11H2,1-2H3,(H,25,26)(H,29,30). The average molecular weight is 436 g/mol. The fourth-order valence-electron chi connectivity index (χ4n) is 3.60. The smallest absolute Gasteiger partial charge is 0.335 e. The molecule has 0 fully saturated rings. The maximum atomic E-state index is 11.2. The van der Waals surface area contributed by atoms with Crippen LogP contribution in [0.15, 0.2) is 61.2 Å². The highest BCUT2D eigenvalue weighted by molar-refractivity contribution is 7.22. The molecule has 31 heavy (non-hydrogen) atoms. The minimum absolute atomic E-state index is 0.220. The molecule has 0 aliphatic carbocycles. The molecular weight excluding hydrogens is 410 g/mol. The highest BCUT2D eigenvalue weighted by atomic mass is 32.1. The van der Waals surface area contributed by atoms with Crippen LogP contribution in [-0.2, 0) is 0 Å². The first-order valence-electron chi connectivity index (χ1n) is 10.1. The summed E-state index contributed by atoms with van der Waals surface area (Å²) in [6.45, 7) is 1.04. The second kappa shape index (κ2) is 9.28. The van der Waals surface area contributed by atoms with Gasteiger partial charge in [-0.25, -0.2) is 14.8 Å². The number of anilines is 2. The molecule has 2 heterocycles. The van der Waals surface area contributed by atoms with Gasteiger partial charge in [0, 0.05) is 18.1 Å². The lowest BCUT2D eigenvalue weighted by atomic mass is 10.0. The summed E-state index contributed by atoms with van der Waals surface area (Å²) in [5, 5.41) is 13.2. The highest BCUT2D eigenvalue weighted by Gasteiger charge is 2.15. The molecule has 0 aliphatic rings. The van der Waals surface area contributed by atoms with Crippen molar-refractivity contribution < 1.29 is 9.90 Å². The molecule has 2 aromatic heterocycles. The van der Waals surface area contributed by atoms with Crippen LogP contribution in [-0.4, -0.2) is 51.2 Å². The number of fused-ring (bicyclic) bond motifs is 1. The molecule has 1 unspecified atom stereocenters. The monoisotopic (exact) mass is 435 g/mol. The maximum absolute atomic E-state index is 11.2. The molecule has 0 bridgehead atoms. The van der Waals surface area contributed by atoms with Crippen molar-refractivity contribution in [3.63, 3.8) is 0 Å². The van der Waals surface area contributed by atoms with E-state index in [1.165, 1.54) is 5.56 Å². The average Bonchev–Trinajstić information content (AvgIpc) is 3.40. The number of hydrogen-bond donors (Lipinski definition) is 2. The minimum atomic E-state index is -0.947. The number of aromatic carboxylic acids is 1. The molecule has 1 atom stereocenters. The fraction of sp³-hybridized carbons (Fsp3) is 0.261. The van der Waals surface area contributed by atoms with Crippen molar-refractivity contribution in [3.05, 3.63) is 72.3 Å². The van der Waals surface area contributed by atoms with Gasteiger partial charge >= 0.3 is 5.97 Å². The molecule has 160 valence electrons. The first kappa shape index (κ1) is 21.0. The Morgan fingerprint density at radius 2 is 2.13 bits per heavy atom. The van der Waals surface area contributed by atoms with Crippen molar-refractivity contribution in [1.29, 1.82) is 0 Å². The van der Waals surface area contributed by atoms with Gasteiger partial charge in [-0.05, 0) is 69.4 Å². The van der Waals surface area contributed by atoms with E-state index in [1.54, 1.807) is 29.5 Å². The number of thiazole rings is 1. The molecule has 0 radical (unpaired) electrons. The Balaban J connectivity index is 1.58. The summed E-state index contributed by atoms with van der Waals surface area (Å²) >= 11 is 1.56. The van der Waals surface area contributed by atoms with Gasteiger partial charge in [0.2, 0.25) is 0 Å². The van der Waals surface area contributed by atoms with Gasteiger partial charge in [-0.3, -0.25) is 0 Å². The second-order valence-electron chi connectivity index (χ2n) is 7.73. The molecule has 0 saturated carbocycles. The number of aromatic nitrogens is 3. The first-order chi connectivity index (χ1) is 15.0. The zero-order chi connectivity index (χ0) is 21.8. The van der Waals surface area contributed by atoms with E-state index in [9.17, 15) is 9.90 Å². The van der Waals surface area contributed by atoms with Crippen molar-refractivity contribution in [2.75, 3.05) is 26.0 Å². The molecule has 2 N–H and O–H groups in total. The predicted molar refractivity (Wildman–Crippen MR) is 124 cm³/mol. The quantitative estimate of drug-likeness (QED) is 0.390. The van der Waals surface area contributed by atoms with Crippen molar-refractivity contribution in [2.45, 2.75) is 18.9 Å². The van der Waals surface area contributed by atoms with Crippen LogP contribution in [0.3, 0.4) is 0 Å². The number of carbonyl (C=O) groups is 1. The molecule has 0 amide bonds. The summed E-state index contributed by atoms with van der Waals surface area (Å²) < 4.78 is 3.25. The summed E-state index contributed by atoms with van der Waals surface area (Å²) in [5.74, 6) is -0.947. The molecule has 2 aromatic carbocycles. The lowest BCUT2D eigenvalue weighted by Crippen LogP contribution is -2.16. The van der Waals surface area contributed by atoms with E-state index in [2.05, 4.69) is 57.0 Å². The van der Waals surface area contributed by atoms with Crippen LogP contribution in [0.1, 0.15) is 34.8 Å². The Hall–Kier alpha value is -3.23. The van der Waals surface area contributed by atoms with Crippen molar-refractivity contribution >= 4 is 38.3 Å². The summed E-state index contributed by atoms with van der Waals surface area (Å²) in [7, 11) is 4.19. The normalized spacial score (nSPS) is 12.4. The molecule has 4 aromatic rings. The van der Waals surface area contributed by atoms with E-state index in [0.29, 0.717) is 5.69 Å². The zero-order valence-electron chi connectivity index (χ0n) is 17.5. The number of nitrogens with zero attached hydrogens (tertiary/aromatic N) is 4. The molecule has 7 nitrogen and oxygen atoms in total. The van der Waals surface area contributed by atoms with Crippen LogP contribution in [0, 0.1) is 0 Å². The second-order valence-corrected chi connectivity index (χ2v) is 8.76. The predicted octanol–water partition coefficient (Wildman–Crippen LogP) is 4.87. The van der Waals surface area contributed by atoms with Crippen molar-refractivity contribution in [1.82, 2.24) is 19.4 Å². The van der Waals surface area contributed by atoms with Crippen molar-refractivity contribution in [2.24, 2.45) is 0 Å². The molecule has 8 heteroatoms. The lowest BCUT2D eigenvalue weighted by molar-refractivity contribution is 0.0697. The molecule has 0 spiro atoms. The number of benzene rings is 2.